The Bertz CT molecular complexity index is 507. The number of carbonyl (C=O) groups is 1. The summed E-state index contributed by atoms with van der Waals surface area (Å²) in [5, 5.41) is 2.91. The maximum Gasteiger partial charge on any atom is 0.239 e. The van der Waals surface area contributed by atoms with Crippen molar-refractivity contribution in [1.29, 1.82) is 0 Å². The molecule has 1 rings (SSSR count). The Morgan fingerprint density at radius 2 is 1.79 bits per heavy atom. The van der Waals surface area contributed by atoms with Gasteiger partial charge in [-0.3, -0.25) is 4.79 Å². The van der Waals surface area contributed by atoms with Gasteiger partial charge in [0.05, 0.1) is 18.8 Å². The van der Waals surface area contributed by atoms with Crippen LogP contribution in [0.5, 0.6) is 11.5 Å². The average Bonchev–Trinajstić information content (AvgIpc) is 2.50. The average molecular weight is 359 g/mol. The lowest BCUT2D eigenvalue weighted by Crippen LogP contribution is -2.51. The number of hydrogen-bond acceptors (Lipinski definition) is 4. The molecule has 138 valence electrons. The van der Waals surface area contributed by atoms with Gasteiger partial charge in [-0.15, -0.1) is 12.4 Å². The van der Waals surface area contributed by atoms with Crippen LogP contribution < -0.4 is 20.5 Å². The molecule has 0 aromatic heterocycles. The molecule has 0 saturated heterocycles. The van der Waals surface area contributed by atoms with Gasteiger partial charge in [0, 0.05) is 6.54 Å². The zero-order valence-corrected chi connectivity index (χ0v) is 16.0. The van der Waals surface area contributed by atoms with E-state index in [1.807, 2.05) is 39.0 Å². The predicted molar refractivity (Wildman–Crippen MR) is 100 cm³/mol. The van der Waals surface area contributed by atoms with Crippen LogP contribution in [0.4, 0.5) is 0 Å². The summed E-state index contributed by atoms with van der Waals surface area (Å²) in [6.07, 6.45) is 2.29. The molecular weight excluding hydrogens is 328 g/mol. The van der Waals surface area contributed by atoms with Crippen LogP contribution >= 0.6 is 12.4 Å². The highest BCUT2D eigenvalue weighted by molar-refractivity contribution is 5.85. The van der Waals surface area contributed by atoms with E-state index < -0.39 is 5.54 Å². The number of amides is 1. The van der Waals surface area contributed by atoms with Crippen molar-refractivity contribution >= 4 is 18.3 Å². The van der Waals surface area contributed by atoms with Crippen LogP contribution in [-0.4, -0.2) is 31.2 Å². The van der Waals surface area contributed by atoms with Gasteiger partial charge in [-0.25, -0.2) is 0 Å². The van der Waals surface area contributed by atoms with Crippen LogP contribution in [0.15, 0.2) is 18.2 Å². The van der Waals surface area contributed by atoms with Gasteiger partial charge in [0.25, 0.3) is 0 Å². The molecule has 0 radical (unpaired) electrons. The molecule has 1 aromatic carbocycles. The Labute approximate surface area is 151 Å². The highest BCUT2D eigenvalue weighted by atomic mass is 35.5. The number of halogens is 1. The summed E-state index contributed by atoms with van der Waals surface area (Å²) in [6.45, 7) is 9.42. The van der Waals surface area contributed by atoms with Crippen LogP contribution in [0, 0.1) is 0 Å². The maximum atomic E-state index is 12.1. The highest BCUT2D eigenvalue weighted by Gasteiger charge is 2.26. The van der Waals surface area contributed by atoms with Crippen molar-refractivity contribution in [3.63, 3.8) is 0 Å². The molecule has 0 aliphatic heterocycles. The van der Waals surface area contributed by atoms with Crippen LogP contribution in [-0.2, 0) is 11.2 Å². The number of ether oxygens (including phenoxy) is 2. The summed E-state index contributed by atoms with van der Waals surface area (Å²) >= 11 is 0. The number of nitrogens with one attached hydrogen (secondary N) is 1. The van der Waals surface area contributed by atoms with E-state index >= 15 is 0 Å². The van der Waals surface area contributed by atoms with Gasteiger partial charge < -0.3 is 20.5 Å². The molecule has 0 saturated carbocycles. The first-order valence-corrected chi connectivity index (χ1v) is 8.40. The first kappa shape index (κ1) is 22.5. The van der Waals surface area contributed by atoms with Gasteiger partial charge in [-0.1, -0.05) is 19.4 Å². The number of benzene rings is 1. The van der Waals surface area contributed by atoms with Crippen LogP contribution in [0.2, 0.25) is 0 Å². The minimum absolute atomic E-state index is 0. The highest BCUT2D eigenvalue weighted by Crippen LogP contribution is 2.28. The van der Waals surface area contributed by atoms with Gasteiger partial charge in [0.15, 0.2) is 11.5 Å². The minimum Gasteiger partial charge on any atom is -0.490 e. The summed E-state index contributed by atoms with van der Waals surface area (Å²) in [4.78, 5) is 12.1. The lowest BCUT2D eigenvalue weighted by molar-refractivity contribution is -0.126. The summed E-state index contributed by atoms with van der Waals surface area (Å²) in [5.74, 6) is 1.39. The van der Waals surface area contributed by atoms with Gasteiger partial charge in [0.2, 0.25) is 5.91 Å². The van der Waals surface area contributed by atoms with Crippen LogP contribution in [0.3, 0.4) is 0 Å². The molecule has 1 amide bonds. The Hall–Kier alpha value is -1.46. The van der Waals surface area contributed by atoms with Gasteiger partial charge >= 0.3 is 0 Å². The Balaban J connectivity index is 0.00000529. The van der Waals surface area contributed by atoms with Gasteiger partial charge in [-0.2, -0.15) is 0 Å². The quantitative estimate of drug-likeness (QED) is 0.674. The molecular formula is C18H31ClN2O3. The number of nitrogens with two attached hydrogens (primary N) is 1. The van der Waals surface area contributed by atoms with E-state index in [1.54, 1.807) is 6.92 Å². The van der Waals surface area contributed by atoms with E-state index in [0.29, 0.717) is 26.2 Å². The molecule has 0 fully saturated rings. The zero-order valence-electron chi connectivity index (χ0n) is 15.2. The standard InChI is InChI=1S/C18H30N2O3.ClH/c1-5-11-18(4,19)17(21)20-12-10-14-8-9-15(22-6-2)16(13-14)23-7-3;/h8-9,13H,5-7,10-12,19H2,1-4H3,(H,20,21);1H. The number of carbonyl (C=O) groups excluding carboxylic acids is 1. The normalized spacial score (nSPS) is 12.7. The van der Waals surface area contributed by atoms with Crippen molar-refractivity contribution < 1.29 is 14.3 Å². The lowest BCUT2D eigenvalue weighted by Gasteiger charge is -2.22. The predicted octanol–water partition coefficient (Wildman–Crippen LogP) is 3.08. The molecule has 1 unspecified atom stereocenters. The second-order valence-corrected chi connectivity index (χ2v) is 5.82. The Morgan fingerprint density at radius 1 is 1.17 bits per heavy atom. The van der Waals surface area contributed by atoms with Crippen molar-refractivity contribution in [3.05, 3.63) is 23.8 Å². The van der Waals surface area contributed by atoms with E-state index in [-0.39, 0.29) is 18.3 Å². The largest absolute Gasteiger partial charge is 0.490 e. The Kier molecular flexibility index (Phi) is 10.5. The van der Waals surface area contributed by atoms with Crippen molar-refractivity contribution in [3.8, 4) is 11.5 Å². The molecule has 6 heteroatoms. The minimum atomic E-state index is -0.802. The lowest BCUT2D eigenvalue weighted by atomic mass is 9.96. The fraction of sp³-hybridized carbons (Fsp3) is 0.611. The molecule has 1 aromatic rings. The zero-order chi connectivity index (χ0) is 17.3. The van der Waals surface area contributed by atoms with Crippen LogP contribution in [0.25, 0.3) is 0 Å². The van der Waals surface area contributed by atoms with Gasteiger partial charge in [-0.05, 0) is 51.3 Å². The number of rotatable bonds is 10. The molecule has 3 N–H and O–H groups in total. The first-order valence-electron chi connectivity index (χ1n) is 8.40. The summed E-state index contributed by atoms with van der Waals surface area (Å²) in [5.41, 5.74) is 6.31. The summed E-state index contributed by atoms with van der Waals surface area (Å²) in [7, 11) is 0. The smallest absolute Gasteiger partial charge is 0.239 e. The summed E-state index contributed by atoms with van der Waals surface area (Å²) in [6, 6.07) is 5.87. The fourth-order valence-corrected chi connectivity index (χ4v) is 2.41. The van der Waals surface area contributed by atoms with E-state index in [0.717, 1.165) is 29.9 Å². The molecule has 0 bridgehead atoms. The first-order chi connectivity index (χ1) is 10.9. The molecule has 5 nitrogen and oxygen atoms in total. The topological polar surface area (TPSA) is 73.6 Å². The third-order valence-electron chi connectivity index (χ3n) is 3.60. The van der Waals surface area contributed by atoms with Crippen molar-refractivity contribution in [2.45, 2.75) is 52.5 Å². The monoisotopic (exact) mass is 358 g/mol. The molecule has 24 heavy (non-hydrogen) atoms. The van der Waals surface area contributed by atoms with E-state index in [2.05, 4.69) is 5.32 Å². The van der Waals surface area contributed by atoms with E-state index in [4.69, 9.17) is 15.2 Å². The second kappa shape index (κ2) is 11.2. The number of hydrogen-bond donors (Lipinski definition) is 2. The third-order valence-corrected chi connectivity index (χ3v) is 3.60. The van der Waals surface area contributed by atoms with Crippen LogP contribution in [0.1, 0.15) is 46.1 Å². The van der Waals surface area contributed by atoms with Crippen molar-refractivity contribution in [2.24, 2.45) is 5.73 Å². The SMILES string of the molecule is CCCC(C)(N)C(=O)NCCc1ccc(OCC)c(OCC)c1.Cl. The molecule has 1 atom stereocenters. The molecule has 0 aliphatic carbocycles. The van der Waals surface area contributed by atoms with E-state index in [1.165, 1.54) is 0 Å². The fourth-order valence-electron chi connectivity index (χ4n) is 2.41. The molecule has 0 heterocycles. The molecule has 0 aliphatic rings. The summed E-state index contributed by atoms with van der Waals surface area (Å²) < 4.78 is 11.2. The van der Waals surface area contributed by atoms with E-state index in [9.17, 15) is 4.79 Å². The second-order valence-electron chi connectivity index (χ2n) is 5.82. The van der Waals surface area contributed by atoms with Gasteiger partial charge in [0.1, 0.15) is 0 Å². The Morgan fingerprint density at radius 3 is 2.38 bits per heavy atom. The van der Waals surface area contributed by atoms with Crippen molar-refractivity contribution in [2.75, 3.05) is 19.8 Å². The third kappa shape index (κ3) is 6.97. The maximum absolute atomic E-state index is 12.1. The molecule has 0 spiro atoms. The van der Waals surface area contributed by atoms with Crippen molar-refractivity contribution in [1.82, 2.24) is 5.32 Å².